The van der Waals surface area contributed by atoms with E-state index in [0.29, 0.717) is 13.2 Å². The molecule has 0 spiro atoms. The molecular weight excluding hydrogens is 334 g/mol. The van der Waals surface area contributed by atoms with Gasteiger partial charge in [-0.25, -0.2) is 4.98 Å². The molecule has 0 radical (unpaired) electrons. The van der Waals surface area contributed by atoms with Gasteiger partial charge in [0.05, 0.1) is 24.4 Å². The molecule has 128 valence electrons. The van der Waals surface area contributed by atoms with Crippen LogP contribution in [0.15, 0.2) is 54.0 Å². The summed E-state index contributed by atoms with van der Waals surface area (Å²) < 4.78 is 5.09. The maximum atomic E-state index is 12.1. The fourth-order valence-corrected chi connectivity index (χ4v) is 3.14. The average molecular weight is 353 g/mol. The first-order chi connectivity index (χ1) is 12.2. The summed E-state index contributed by atoms with van der Waals surface area (Å²) in [6.07, 6.45) is 2.01. The van der Waals surface area contributed by atoms with Crippen molar-refractivity contribution in [2.24, 2.45) is 0 Å². The van der Waals surface area contributed by atoms with Crippen LogP contribution in [0.1, 0.15) is 16.8 Å². The Kier molecular flexibility index (Phi) is 5.87. The standard InChI is InChI=1S/C19H19N3O2S/c1-24-12-15-7-5-14(6-8-15)11-21-18(23)10-16-13-25-19(22-16)17-4-2-3-9-20-17/h2-9,13H,10-12H2,1H3,(H,21,23). The largest absolute Gasteiger partial charge is 0.380 e. The molecule has 0 aliphatic carbocycles. The van der Waals surface area contributed by atoms with Crippen molar-refractivity contribution in [2.45, 2.75) is 19.6 Å². The van der Waals surface area contributed by atoms with Crippen molar-refractivity contribution in [3.05, 3.63) is 70.9 Å². The van der Waals surface area contributed by atoms with Crippen molar-refractivity contribution in [1.29, 1.82) is 0 Å². The number of ether oxygens (including phenoxy) is 1. The van der Waals surface area contributed by atoms with E-state index in [-0.39, 0.29) is 12.3 Å². The van der Waals surface area contributed by atoms with E-state index in [2.05, 4.69) is 15.3 Å². The smallest absolute Gasteiger partial charge is 0.226 e. The van der Waals surface area contributed by atoms with Gasteiger partial charge in [0, 0.05) is 25.2 Å². The van der Waals surface area contributed by atoms with Gasteiger partial charge in [0.15, 0.2) is 0 Å². The number of carbonyl (C=O) groups excluding carboxylic acids is 1. The van der Waals surface area contributed by atoms with Gasteiger partial charge in [0.25, 0.3) is 0 Å². The van der Waals surface area contributed by atoms with E-state index < -0.39 is 0 Å². The highest BCUT2D eigenvalue weighted by molar-refractivity contribution is 7.13. The summed E-state index contributed by atoms with van der Waals surface area (Å²) in [6, 6.07) is 13.7. The highest BCUT2D eigenvalue weighted by Crippen LogP contribution is 2.21. The van der Waals surface area contributed by atoms with Crippen molar-refractivity contribution in [3.63, 3.8) is 0 Å². The van der Waals surface area contributed by atoms with Crippen molar-refractivity contribution >= 4 is 17.2 Å². The molecule has 0 bridgehead atoms. The lowest BCUT2D eigenvalue weighted by Crippen LogP contribution is -2.24. The van der Waals surface area contributed by atoms with Crippen LogP contribution in [-0.2, 0) is 29.1 Å². The van der Waals surface area contributed by atoms with Gasteiger partial charge in [-0.2, -0.15) is 0 Å². The van der Waals surface area contributed by atoms with Crippen molar-refractivity contribution in [1.82, 2.24) is 15.3 Å². The number of nitrogens with one attached hydrogen (secondary N) is 1. The zero-order chi connectivity index (χ0) is 17.5. The molecule has 2 heterocycles. The first-order valence-corrected chi connectivity index (χ1v) is 8.82. The van der Waals surface area contributed by atoms with Crippen LogP contribution in [0.4, 0.5) is 0 Å². The van der Waals surface area contributed by atoms with Gasteiger partial charge in [-0.3, -0.25) is 9.78 Å². The average Bonchev–Trinajstić information content (AvgIpc) is 3.11. The minimum atomic E-state index is -0.0427. The molecule has 2 aromatic heterocycles. The van der Waals surface area contributed by atoms with Crippen LogP contribution < -0.4 is 5.32 Å². The summed E-state index contributed by atoms with van der Waals surface area (Å²) in [5.41, 5.74) is 3.76. The predicted molar refractivity (Wildman–Crippen MR) is 98.1 cm³/mol. The number of amides is 1. The van der Waals surface area contributed by atoms with E-state index >= 15 is 0 Å². The van der Waals surface area contributed by atoms with E-state index in [1.807, 2.05) is 47.8 Å². The Hall–Kier alpha value is -2.57. The van der Waals surface area contributed by atoms with Crippen molar-refractivity contribution < 1.29 is 9.53 Å². The molecule has 3 aromatic rings. The number of pyridine rings is 1. The van der Waals surface area contributed by atoms with Crippen LogP contribution in [0.2, 0.25) is 0 Å². The van der Waals surface area contributed by atoms with Crippen molar-refractivity contribution in [2.75, 3.05) is 7.11 Å². The monoisotopic (exact) mass is 353 g/mol. The summed E-state index contributed by atoms with van der Waals surface area (Å²) in [7, 11) is 1.67. The van der Waals surface area contributed by atoms with Gasteiger partial charge >= 0.3 is 0 Å². The SMILES string of the molecule is COCc1ccc(CNC(=O)Cc2csc(-c3ccccn3)n2)cc1. The van der Waals surface area contributed by atoms with Gasteiger partial charge in [0.2, 0.25) is 5.91 Å². The second-order valence-electron chi connectivity index (χ2n) is 5.56. The van der Waals surface area contributed by atoms with Gasteiger partial charge in [0.1, 0.15) is 5.01 Å². The van der Waals surface area contributed by atoms with Gasteiger partial charge in [-0.15, -0.1) is 11.3 Å². The third-order valence-electron chi connectivity index (χ3n) is 3.60. The molecule has 3 rings (SSSR count). The molecular formula is C19H19N3O2S. The fourth-order valence-electron chi connectivity index (χ4n) is 2.34. The van der Waals surface area contributed by atoms with Crippen LogP contribution >= 0.6 is 11.3 Å². The van der Waals surface area contributed by atoms with E-state index in [0.717, 1.165) is 27.5 Å². The van der Waals surface area contributed by atoms with E-state index in [1.54, 1.807) is 13.3 Å². The molecule has 0 atom stereocenters. The molecule has 25 heavy (non-hydrogen) atoms. The number of benzene rings is 1. The summed E-state index contributed by atoms with van der Waals surface area (Å²) >= 11 is 1.50. The summed E-state index contributed by atoms with van der Waals surface area (Å²) in [5.74, 6) is -0.0427. The Morgan fingerprint density at radius 1 is 1.16 bits per heavy atom. The second-order valence-corrected chi connectivity index (χ2v) is 6.42. The summed E-state index contributed by atoms with van der Waals surface area (Å²) in [6.45, 7) is 1.10. The predicted octanol–water partition coefficient (Wildman–Crippen LogP) is 3.21. The number of hydrogen-bond donors (Lipinski definition) is 1. The second kappa shape index (κ2) is 8.50. The highest BCUT2D eigenvalue weighted by atomic mass is 32.1. The minimum absolute atomic E-state index is 0.0427. The van der Waals surface area contributed by atoms with Crippen LogP contribution in [0.3, 0.4) is 0 Å². The Bertz CT molecular complexity index is 816. The van der Waals surface area contributed by atoms with Gasteiger partial charge in [-0.05, 0) is 23.3 Å². The van der Waals surface area contributed by atoms with Crippen molar-refractivity contribution in [3.8, 4) is 10.7 Å². The van der Waals surface area contributed by atoms with Crippen LogP contribution in [0.5, 0.6) is 0 Å². The molecule has 0 aliphatic heterocycles. The zero-order valence-electron chi connectivity index (χ0n) is 13.9. The molecule has 0 saturated carbocycles. The molecule has 1 aromatic carbocycles. The Labute approximate surface area is 150 Å². The number of thiazole rings is 1. The lowest BCUT2D eigenvalue weighted by atomic mass is 10.1. The number of hydrogen-bond acceptors (Lipinski definition) is 5. The lowest BCUT2D eigenvalue weighted by Gasteiger charge is -2.06. The van der Waals surface area contributed by atoms with Crippen LogP contribution in [0.25, 0.3) is 10.7 Å². The molecule has 1 amide bonds. The Balaban J connectivity index is 1.52. The van der Waals surface area contributed by atoms with Crippen LogP contribution in [0, 0.1) is 0 Å². The molecule has 0 saturated heterocycles. The van der Waals surface area contributed by atoms with Crippen LogP contribution in [-0.4, -0.2) is 23.0 Å². The minimum Gasteiger partial charge on any atom is -0.380 e. The molecule has 1 N–H and O–H groups in total. The lowest BCUT2D eigenvalue weighted by molar-refractivity contribution is -0.120. The maximum absolute atomic E-state index is 12.1. The van der Waals surface area contributed by atoms with E-state index in [4.69, 9.17) is 4.74 Å². The molecule has 0 fully saturated rings. The topological polar surface area (TPSA) is 64.1 Å². The van der Waals surface area contributed by atoms with E-state index in [9.17, 15) is 4.79 Å². The summed E-state index contributed by atoms with van der Waals surface area (Å²) in [4.78, 5) is 20.9. The third kappa shape index (κ3) is 4.95. The number of methoxy groups -OCH3 is 1. The Morgan fingerprint density at radius 2 is 1.96 bits per heavy atom. The molecule has 6 heteroatoms. The first-order valence-electron chi connectivity index (χ1n) is 7.94. The molecule has 0 unspecified atom stereocenters. The third-order valence-corrected chi connectivity index (χ3v) is 4.51. The molecule has 0 aliphatic rings. The highest BCUT2D eigenvalue weighted by Gasteiger charge is 2.09. The Morgan fingerprint density at radius 3 is 2.68 bits per heavy atom. The van der Waals surface area contributed by atoms with Gasteiger partial charge in [-0.1, -0.05) is 30.3 Å². The number of nitrogens with zero attached hydrogens (tertiary/aromatic N) is 2. The first kappa shape index (κ1) is 17.3. The maximum Gasteiger partial charge on any atom is 0.226 e. The molecule has 5 nitrogen and oxygen atoms in total. The normalized spacial score (nSPS) is 10.6. The number of carbonyl (C=O) groups is 1. The summed E-state index contributed by atoms with van der Waals surface area (Å²) in [5, 5.41) is 5.66. The number of rotatable bonds is 7. The van der Waals surface area contributed by atoms with E-state index in [1.165, 1.54) is 11.3 Å². The quantitative estimate of drug-likeness (QED) is 0.708. The zero-order valence-corrected chi connectivity index (χ0v) is 14.8. The number of aromatic nitrogens is 2. The van der Waals surface area contributed by atoms with Gasteiger partial charge < -0.3 is 10.1 Å². The fraction of sp³-hybridized carbons (Fsp3) is 0.211.